The lowest BCUT2D eigenvalue weighted by molar-refractivity contribution is -0.156. The molecule has 0 unspecified atom stereocenters. The van der Waals surface area contributed by atoms with Gasteiger partial charge in [0.05, 0.1) is 26.2 Å². The van der Waals surface area contributed by atoms with Crippen LogP contribution in [0.1, 0.15) is 12.2 Å². The summed E-state index contributed by atoms with van der Waals surface area (Å²) in [5.41, 5.74) is -0.584. The van der Waals surface area contributed by atoms with Crippen LogP contribution in [0, 0.1) is 0 Å². The van der Waals surface area contributed by atoms with Gasteiger partial charge in [0.25, 0.3) is 0 Å². The third-order valence-corrected chi connectivity index (χ3v) is 3.42. The van der Waals surface area contributed by atoms with Crippen LogP contribution in [-0.2, 0) is 20.8 Å². The molecule has 0 saturated carbocycles. The minimum Gasteiger partial charge on any atom is -0.382 e. The number of aromatic amines is 1. The molecule has 1 fully saturated rings. The number of morpholine rings is 1. The van der Waals surface area contributed by atoms with E-state index in [4.69, 9.17) is 9.47 Å². The molecule has 2 N–H and O–H groups in total. The van der Waals surface area contributed by atoms with E-state index in [-0.39, 0.29) is 5.91 Å². The van der Waals surface area contributed by atoms with Gasteiger partial charge in [0, 0.05) is 39.6 Å². The van der Waals surface area contributed by atoms with E-state index in [1.54, 1.807) is 20.4 Å². The fourth-order valence-electron chi connectivity index (χ4n) is 2.54. The van der Waals surface area contributed by atoms with E-state index < -0.39 is 5.60 Å². The lowest BCUT2D eigenvalue weighted by Crippen LogP contribution is -2.55. The van der Waals surface area contributed by atoms with Crippen molar-refractivity contribution in [3.05, 3.63) is 18.2 Å². The molecule has 0 aromatic carbocycles. The van der Waals surface area contributed by atoms with Crippen molar-refractivity contribution in [2.24, 2.45) is 0 Å². The Hall–Kier alpha value is -1.44. The minimum absolute atomic E-state index is 0.0399. The average molecular weight is 282 g/mol. The summed E-state index contributed by atoms with van der Waals surface area (Å²) >= 11 is 0. The number of carbonyl (C=O) groups excluding carboxylic acids is 1. The Morgan fingerprint density at radius 2 is 2.55 bits per heavy atom. The van der Waals surface area contributed by atoms with Crippen molar-refractivity contribution in [1.29, 1.82) is 0 Å². The molecule has 20 heavy (non-hydrogen) atoms. The third-order valence-electron chi connectivity index (χ3n) is 3.42. The van der Waals surface area contributed by atoms with Gasteiger partial charge in [0.1, 0.15) is 11.4 Å². The summed E-state index contributed by atoms with van der Waals surface area (Å²) in [6.45, 7) is 3.17. The third kappa shape index (κ3) is 3.78. The van der Waals surface area contributed by atoms with E-state index in [1.165, 1.54) is 0 Å². The number of H-pyrrole nitrogens is 1. The van der Waals surface area contributed by atoms with E-state index in [0.717, 1.165) is 18.9 Å². The summed E-state index contributed by atoms with van der Waals surface area (Å²) in [6.07, 6.45) is 3.84. The first-order valence-electron chi connectivity index (χ1n) is 6.71. The highest BCUT2D eigenvalue weighted by Crippen LogP contribution is 2.23. The van der Waals surface area contributed by atoms with E-state index >= 15 is 0 Å². The first-order valence-corrected chi connectivity index (χ1v) is 6.71. The summed E-state index contributed by atoms with van der Waals surface area (Å²) in [5, 5.41) is 2.64. The lowest BCUT2D eigenvalue weighted by Gasteiger charge is -2.41. The highest BCUT2D eigenvalue weighted by atomic mass is 16.5. The fraction of sp³-hybridized carbons (Fsp3) is 0.692. The molecular formula is C13H22N4O3. The lowest BCUT2D eigenvalue weighted by atomic mass is 9.97. The normalized spacial score (nSPS) is 23.7. The second kappa shape index (κ2) is 6.83. The zero-order valence-corrected chi connectivity index (χ0v) is 12.0. The van der Waals surface area contributed by atoms with Gasteiger partial charge in [0.15, 0.2) is 0 Å². The number of imidazole rings is 1. The van der Waals surface area contributed by atoms with E-state index in [0.29, 0.717) is 26.2 Å². The predicted octanol–water partition coefficient (Wildman–Crippen LogP) is -0.237. The Kier molecular flexibility index (Phi) is 5.11. The molecule has 1 aromatic heterocycles. The van der Waals surface area contributed by atoms with Gasteiger partial charge in [-0.3, -0.25) is 9.69 Å². The fourth-order valence-corrected chi connectivity index (χ4v) is 2.54. The molecule has 1 aliphatic heterocycles. The average Bonchev–Trinajstić information content (AvgIpc) is 2.92. The van der Waals surface area contributed by atoms with Crippen molar-refractivity contribution in [3.63, 3.8) is 0 Å². The molecule has 7 heteroatoms. The van der Waals surface area contributed by atoms with E-state index in [9.17, 15) is 4.79 Å². The largest absolute Gasteiger partial charge is 0.382 e. The van der Waals surface area contributed by atoms with Crippen molar-refractivity contribution in [2.45, 2.75) is 18.6 Å². The monoisotopic (exact) mass is 282 g/mol. The van der Waals surface area contributed by atoms with Gasteiger partial charge in [-0.25, -0.2) is 4.98 Å². The maximum Gasteiger partial charge on any atom is 0.222 e. The number of rotatable bonds is 6. The molecule has 0 aliphatic carbocycles. The first kappa shape index (κ1) is 15.0. The molecule has 2 rings (SSSR count). The zero-order valence-electron chi connectivity index (χ0n) is 12.0. The van der Waals surface area contributed by atoms with Crippen LogP contribution in [0.5, 0.6) is 0 Å². The molecule has 1 aromatic rings. The summed E-state index contributed by atoms with van der Waals surface area (Å²) < 4.78 is 11.1. The molecule has 1 atom stereocenters. The number of ether oxygens (including phenoxy) is 2. The molecule has 2 heterocycles. The smallest absolute Gasteiger partial charge is 0.222 e. The van der Waals surface area contributed by atoms with Crippen molar-refractivity contribution in [2.75, 3.05) is 40.5 Å². The topological polar surface area (TPSA) is 79.5 Å². The van der Waals surface area contributed by atoms with Crippen molar-refractivity contribution in [3.8, 4) is 0 Å². The molecule has 112 valence electrons. The number of amides is 1. The van der Waals surface area contributed by atoms with Crippen LogP contribution in [0.2, 0.25) is 0 Å². The van der Waals surface area contributed by atoms with Crippen LogP contribution in [-0.4, -0.2) is 66.8 Å². The van der Waals surface area contributed by atoms with Crippen LogP contribution in [0.4, 0.5) is 0 Å². The van der Waals surface area contributed by atoms with Gasteiger partial charge >= 0.3 is 0 Å². The molecule has 1 aliphatic rings. The van der Waals surface area contributed by atoms with Gasteiger partial charge in [-0.2, -0.15) is 0 Å². The van der Waals surface area contributed by atoms with Crippen LogP contribution in [0.15, 0.2) is 12.4 Å². The maximum absolute atomic E-state index is 11.7. The van der Waals surface area contributed by atoms with Gasteiger partial charge in [-0.05, 0) is 0 Å². The maximum atomic E-state index is 11.7. The predicted molar refractivity (Wildman–Crippen MR) is 73.1 cm³/mol. The Balaban J connectivity index is 2.02. The Morgan fingerprint density at radius 1 is 1.70 bits per heavy atom. The number of hydrogen-bond acceptors (Lipinski definition) is 5. The summed E-state index contributed by atoms with van der Waals surface area (Å²) in [6, 6.07) is 0. The Morgan fingerprint density at radius 3 is 3.20 bits per heavy atom. The van der Waals surface area contributed by atoms with Gasteiger partial charge in [0.2, 0.25) is 5.91 Å². The number of methoxy groups -OCH3 is 1. The van der Waals surface area contributed by atoms with Crippen LogP contribution >= 0.6 is 0 Å². The number of nitrogens with zero attached hydrogens (tertiary/aromatic N) is 2. The molecular weight excluding hydrogens is 260 g/mol. The van der Waals surface area contributed by atoms with Gasteiger partial charge < -0.3 is 19.8 Å². The van der Waals surface area contributed by atoms with E-state index in [1.807, 2.05) is 6.20 Å². The zero-order chi connectivity index (χ0) is 14.4. The van der Waals surface area contributed by atoms with Crippen molar-refractivity contribution >= 4 is 5.91 Å². The second-order valence-electron chi connectivity index (χ2n) is 5.06. The Bertz CT molecular complexity index is 419. The molecule has 0 spiro atoms. The highest BCUT2D eigenvalue weighted by Gasteiger charge is 2.38. The summed E-state index contributed by atoms with van der Waals surface area (Å²) in [7, 11) is 3.26. The van der Waals surface area contributed by atoms with Crippen LogP contribution in [0.3, 0.4) is 0 Å². The van der Waals surface area contributed by atoms with Gasteiger partial charge in [-0.15, -0.1) is 0 Å². The standard InChI is InChI=1S/C13H22N4O3/c1-14-12(18)7-13(10-19-2)9-17(5-6-20-13)8-11-15-3-4-16-11/h3-4H,5-10H2,1-2H3,(H,14,18)(H,15,16)/t13-/m1/s1. The molecule has 1 saturated heterocycles. The molecule has 1 amide bonds. The number of nitrogens with one attached hydrogen (secondary N) is 2. The quantitative estimate of drug-likeness (QED) is 0.753. The van der Waals surface area contributed by atoms with Crippen LogP contribution < -0.4 is 5.32 Å². The van der Waals surface area contributed by atoms with Crippen molar-refractivity contribution in [1.82, 2.24) is 20.2 Å². The minimum atomic E-state index is -0.584. The Labute approximate surface area is 118 Å². The SMILES string of the molecule is CNC(=O)C[C@]1(COC)CN(Cc2ncc[nH]2)CCO1. The summed E-state index contributed by atoms with van der Waals surface area (Å²) in [5.74, 6) is 0.875. The molecule has 0 bridgehead atoms. The number of aromatic nitrogens is 2. The van der Waals surface area contributed by atoms with Gasteiger partial charge in [-0.1, -0.05) is 0 Å². The first-order chi connectivity index (χ1) is 9.67. The number of carbonyl (C=O) groups is 1. The van der Waals surface area contributed by atoms with Crippen molar-refractivity contribution < 1.29 is 14.3 Å². The second-order valence-corrected chi connectivity index (χ2v) is 5.06. The summed E-state index contributed by atoms with van der Waals surface area (Å²) in [4.78, 5) is 21.3. The van der Waals surface area contributed by atoms with Crippen LogP contribution in [0.25, 0.3) is 0 Å². The number of hydrogen-bond donors (Lipinski definition) is 2. The highest BCUT2D eigenvalue weighted by molar-refractivity contribution is 5.76. The molecule has 0 radical (unpaired) electrons. The molecule has 7 nitrogen and oxygen atoms in total. The van der Waals surface area contributed by atoms with E-state index in [2.05, 4.69) is 20.2 Å².